The van der Waals surface area contributed by atoms with E-state index < -0.39 is 12.3 Å². The smallest absolute Gasteiger partial charge is 0.0896 e. The minimum Gasteiger partial charge on any atom is -0.652 e. The summed E-state index contributed by atoms with van der Waals surface area (Å²) in [4.78, 5) is 20.6. The Balaban J connectivity index is -0.000000135. The van der Waals surface area contributed by atoms with Crippen molar-refractivity contribution in [3.05, 3.63) is 0 Å². The van der Waals surface area contributed by atoms with E-state index in [9.17, 15) is 0 Å². The van der Waals surface area contributed by atoms with E-state index in [0.29, 0.717) is 0 Å². The second-order valence-electron chi connectivity index (χ2n) is 1.82. The Bertz CT molecular complexity index is 121. The van der Waals surface area contributed by atoms with E-state index in [4.69, 9.17) is 35.3 Å². The number of hydrogen-bond donors (Lipinski definition) is 1. The summed E-state index contributed by atoms with van der Waals surface area (Å²) in [7, 11) is 0. The van der Waals surface area contributed by atoms with E-state index >= 15 is 0 Å². The minimum atomic E-state index is -2.33. The minimum absolute atomic E-state index is 0.00926. The van der Waals surface area contributed by atoms with Crippen LogP contribution < -0.4 is 20.4 Å². The number of carboxylic acid groups (broad SMARTS) is 4. The summed E-state index contributed by atoms with van der Waals surface area (Å²) in [6.45, 7) is 3.75. The van der Waals surface area contributed by atoms with Gasteiger partial charge in [-0.05, 0) is 25.7 Å². The first-order chi connectivity index (χ1) is 6.27. The number of carbonyl (C=O) groups is 2. The highest BCUT2D eigenvalue weighted by Gasteiger charge is 1.91. The third kappa shape index (κ3) is 155. The van der Waals surface area contributed by atoms with Gasteiger partial charge in [-0.15, -0.1) is 0 Å². The van der Waals surface area contributed by atoms with Gasteiger partial charge in [0, 0.05) is 0 Å². The molecule has 0 aromatic heterocycles. The van der Waals surface area contributed by atoms with Crippen LogP contribution in [0.15, 0.2) is 0 Å². The quantitative estimate of drug-likeness (QED) is 0.361. The van der Waals surface area contributed by atoms with Crippen LogP contribution in [0.25, 0.3) is 0 Å². The van der Waals surface area contributed by atoms with E-state index in [1.807, 2.05) is 6.92 Å². The van der Waals surface area contributed by atoms with E-state index in [2.05, 4.69) is 4.89 Å². The molecule has 1 N–H and O–H groups in total. The van der Waals surface area contributed by atoms with E-state index in [0.717, 1.165) is 6.42 Å². The van der Waals surface area contributed by atoms with Gasteiger partial charge >= 0.3 is 0 Å². The average Bonchev–Trinajstić information content (AvgIpc) is 2.01. The van der Waals surface area contributed by atoms with Gasteiger partial charge in [0.15, 0.2) is 0 Å². The Kier molecular flexibility index (Phi) is 18.3. The summed E-state index contributed by atoms with van der Waals surface area (Å²) in [6, 6.07) is 0. The van der Waals surface area contributed by atoms with Crippen LogP contribution in [0.2, 0.25) is 0 Å². The van der Waals surface area contributed by atoms with Crippen molar-refractivity contribution in [1.29, 1.82) is 0 Å². The van der Waals surface area contributed by atoms with Crippen LogP contribution in [0.3, 0.4) is 0 Å². The van der Waals surface area contributed by atoms with Crippen molar-refractivity contribution in [3.63, 3.8) is 0 Å². The maximum Gasteiger partial charge on any atom is 0.0896 e. The molecular weight excluding hydrogens is 200 g/mol. The first-order valence-electron chi connectivity index (χ1n) is 3.34. The average molecular weight is 210 g/mol. The van der Waals surface area contributed by atoms with Crippen LogP contribution >= 0.6 is 0 Å². The molecule has 86 valence electrons. The van der Waals surface area contributed by atoms with Gasteiger partial charge in [-0.3, -0.25) is 5.26 Å². The summed E-state index contributed by atoms with van der Waals surface area (Å²) in [5.74, 6) is 0. The lowest BCUT2D eigenvalue weighted by Crippen LogP contribution is -2.37. The maximum absolute atomic E-state index is 8.33. The summed E-state index contributed by atoms with van der Waals surface area (Å²) in [5.41, 5.74) is 0. The Hall–Kier alpha value is -1.54. The van der Waals surface area contributed by atoms with Gasteiger partial charge in [0.25, 0.3) is 0 Å². The number of hydrogen-bond acceptors (Lipinski definition) is 8. The second kappa shape index (κ2) is 14.0. The molecule has 0 fully saturated rings. The maximum atomic E-state index is 8.33. The summed E-state index contributed by atoms with van der Waals surface area (Å²) in [5, 5.41) is 41.2. The van der Waals surface area contributed by atoms with Gasteiger partial charge < -0.3 is 30.0 Å². The Labute approximate surface area is 79.9 Å². The fourth-order valence-corrected chi connectivity index (χ4v) is 0.0745. The molecule has 0 aliphatic heterocycles. The van der Waals surface area contributed by atoms with Crippen molar-refractivity contribution < 1.29 is 40.2 Å². The van der Waals surface area contributed by atoms with Crippen LogP contribution in [0.4, 0.5) is 9.59 Å². The monoisotopic (exact) mass is 210 g/mol. The standard InChI is InChI=1S/C4H10O2.2CH2O3/c1-3-4(2)6-5;2*2-1(3)4/h4-5H,3H2,1-2H3;2*(H2,2,3,4)/p-4. The molecule has 0 aromatic rings. The topological polar surface area (TPSA) is 156 Å². The van der Waals surface area contributed by atoms with Gasteiger partial charge in [-0.1, -0.05) is 6.92 Å². The molecule has 0 aliphatic carbocycles. The van der Waals surface area contributed by atoms with Crippen LogP contribution in [-0.2, 0) is 4.89 Å². The predicted molar refractivity (Wildman–Crippen MR) is 34.3 cm³/mol. The molecule has 0 saturated carbocycles. The molecule has 14 heavy (non-hydrogen) atoms. The highest BCUT2D eigenvalue weighted by atomic mass is 17.1. The molecule has 0 heterocycles. The highest BCUT2D eigenvalue weighted by Crippen LogP contribution is 1.89. The van der Waals surface area contributed by atoms with Gasteiger partial charge in [0.05, 0.1) is 6.10 Å². The first kappa shape index (κ1) is 18.3. The molecule has 0 aromatic carbocycles. The molecule has 0 radical (unpaired) electrons. The SMILES string of the molecule is CCC(C)OO.O=C([O-])[O-].O=C([O-])[O-]. The van der Waals surface area contributed by atoms with Crippen molar-refractivity contribution in [2.24, 2.45) is 0 Å². The number of carbonyl (C=O) groups excluding carboxylic acids is 2. The van der Waals surface area contributed by atoms with E-state index in [-0.39, 0.29) is 6.10 Å². The molecule has 0 saturated heterocycles. The van der Waals surface area contributed by atoms with E-state index in [1.165, 1.54) is 0 Å². The molecule has 1 atom stereocenters. The summed E-state index contributed by atoms with van der Waals surface area (Å²) >= 11 is 0. The van der Waals surface area contributed by atoms with E-state index in [1.54, 1.807) is 6.92 Å². The molecule has 8 heteroatoms. The zero-order valence-electron chi connectivity index (χ0n) is 7.59. The molecule has 8 nitrogen and oxygen atoms in total. The lowest BCUT2D eigenvalue weighted by Gasteiger charge is -1.98. The fourth-order valence-electron chi connectivity index (χ4n) is 0.0745. The number of rotatable bonds is 2. The Morgan fingerprint density at radius 2 is 1.43 bits per heavy atom. The third-order valence-electron chi connectivity index (χ3n) is 0.755. The van der Waals surface area contributed by atoms with Crippen molar-refractivity contribution in [1.82, 2.24) is 0 Å². The molecule has 0 bridgehead atoms. The molecule has 1 unspecified atom stereocenters. The van der Waals surface area contributed by atoms with Crippen molar-refractivity contribution in [2.75, 3.05) is 0 Å². The molecule has 0 aliphatic rings. The lowest BCUT2D eigenvalue weighted by atomic mass is 10.3. The summed E-state index contributed by atoms with van der Waals surface area (Å²) in [6.07, 6.45) is -3.82. The summed E-state index contributed by atoms with van der Waals surface area (Å²) < 4.78 is 0. The van der Waals surface area contributed by atoms with Crippen molar-refractivity contribution >= 4 is 12.3 Å². The largest absolute Gasteiger partial charge is 0.652 e. The van der Waals surface area contributed by atoms with Crippen molar-refractivity contribution in [3.8, 4) is 0 Å². The Morgan fingerprint density at radius 3 is 1.43 bits per heavy atom. The van der Waals surface area contributed by atoms with Crippen LogP contribution in [0.5, 0.6) is 0 Å². The normalized spacial score (nSPS) is 9.64. The lowest BCUT2D eigenvalue weighted by molar-refractivity contribution is -0.417. The van der Waals surface area contributed by atoms with Gasteiger partial charge in [0.1, 0.15) is 0 Å². The van der Waals surface area contributed by atoms with Crippen molar-refractivity contribution in [2.45, 2.75) is 26.4 Å². The molecule has 0 rings (SSSR count). The highest BCUT2D eigenvalue weighted by molar-refractivity contribution is 5.47. The molecule has 0 spiro atoms. The molecular formula is C6H10O8-4. The zero-order valence-corrected chi connectivity index (χ0v) is 7.59. The van der Waals surface area contributed by atoms with Crippen LogP contribution in [0, 0.1) is 0 Å². The third-order valence-corrected chi connectivity index (χ3v) is 0.755. The Morgan fingerprint density at radius 1 is 1.21 bits per heavy atom. The van der Waals surface area contributed by atoms with Gasteiger partial charge in [-0.25, -0.2) is 4.89 Å². The van der Waals surface area contributed by atoms with Crippen LogP contribution in [0.1, 0.15) is 20.3 Å². The second-order valence-corrected chi connectivity index (χ2v) is 1.82. The van der Waals surface area contributed by atoms with Crippen LogP contribution in [-0.4, -0.2) is 23.7 Å². The van der Waals surface area contributed by atoms with Gasteiger partial charge in [0.2, 0.25) is 0 Å². The predicted octanol–water partition coefficient (Wildman–Crippen LogP) is -3.62. The molecule has 0 amide bonds. The zero-order chi connectivity index (χ0) is 12.1. The first-order valence-corrected chi connectivity index (χ1v) is 3.34. The van der Waals surface area contributed by atoms with Gasteiger partial charge in [-0.2, -0.15) is 0 Å². The fraction of sp³-hybridized carbons (Fsp3) is 0.667.